The number of ether oxygens (including phenoxy) is 1. The first-order chi connectivity index (χ1) is 19.2. The number of anilines is 1. The summed E-state index contributed by atoms with van der Waals surface area (Å²) in [5.74, 6) is -4.29. The van der Waals surface area contributed by atoms with Crippen LogP contribution in [0.1, 0.15) is 53.9 Å². The summed E-state index contributed by atoms with van der Waals surface area (Å²) >= 11 is 0. The highest BCUT2D eigenvalue weighted by Crippen LogP contribution is 2.45. The number of aliphatic carboxylic acids is 1. The lowest BCUT2D eigenvalue weighted by atomic mass is 10.0. The maximum Gasteiger partial charge on any atom is 0.490 e. The van der Waals surface area contributed by atoms with Gasteiger partial charge in [-0.05, 0) is 73.9 Å². The maximum absolute atomic E-state index is 15.0. The summed E-state index contributed by atoms with van der Waals surface area (Å²) in [6, 6.07) is 8.95. The zero-order chi connectivity index (χ0) is 29.9. The Labute approximate surface area is 233 Å². The van der Waals surface area contributed by atoms with Crippen LogP contribution in [0.15, 0.2) is 36.4 Å². The van der Waals surface area contributed by atoms with Gasteiger partial charge in [0.2, 0.25) is 0 Å². The lowest BCUT2D eigenvalue weighted by Gasteiger charge is -2.35. The molecule has 2 saturated heterocycles. The number of nitrogens with one attached hydrogen (secondary N) is 1. The van der Waals surface area contributed by atoms with Gasteiger partial charge in [-0.15, -0.1) is 0 Å². The molecule has 0 bridgehead atoms. The molecular formula is C26H28F5N3O6S. The average molecular weight is 606 g/mol. The van der Waals surface area contributed by atoms with E-state index in [1.165, 1.54) is 24.3 Å². The van der Waals surface area contributed by atoms with Crippen molar-refractivity contribution >= 4 is 27.8 Å². The molecule has 1 saturated carbocycles. The van der Waals surface area contributed by atoms with E-state index in [0.717, 1.165) is 54.2 Å². The van der Waals surface area contributed by atoms with Gasteiger partial charge in [-0.25, -0.2) is 18.3 Å². The Kier molecular flexibility index (Phi) is 9.07. The molecule has 224 valence electrons. The molecule has 3 fully saturated rings. The number of carbonyl (C=O) groups excluding carboxylic acids is 1. The van der Waals surface area contributed by atoms with Crippen molar-refractivity contribution in [1.82, 2.24) is 9.03 Å². The van der Waals surface area contributed by atoms with E-state index in [1.54, 1.807) is 12.1 Å². The topological polar surface area (TPSA) is 116 Å². The number of nitrogens with zero attached hydrogens (tertiary/aromatic N) is 2. The zero-order valence-electron chi connectivity index (χ0n) is 21.7. The van der Waals surface area contributed by atoms with Gasteiger partial charge < -0.3 is 14.7 Å². The summed E-state index contributed by atoms with van der Waals surface area (Å²) in [5.41, 5.74) is 1.33. The van der Waals surface area contributed by atoms with Crippen molar-refractivity contribution < 1.29 is 49.8 Å². The average Bonchev–Trinajstić information content (AvgIpc) is 3.68. The monoisotopic (exact) mass is 605 g/mol. The highest BCUT2D eigenvalue weighted by Gasteiger charge is 2.38. The fourth-order valence-corrected chi connectivity index (χ4v) is 5.64. The molecule has 0 spiro atoms. The van der Waals surface area contributed by atoms with Crippen LogP contribution in [0.5, 0.6) is 5.75 Å². The quantitative estimate of drug-likeness (QED) is 0.455. The Morgan fingerprint density at radius 2 is 1.61 bits per heavy atom. The fourth-order valence-electron chi connectivity index (χ4n) is 4.43. The van der Waals surface area contributed by atoms with Crippen molar-refractivity contribution in [1.29, 1.82) is 0 Å². The van der Waals surface area contributed by atoms with Crippen molar-refractivity contribution in [3.8, 4) is 5.75 Å². The Bertz CT molecular complexity index is 1380. The van der Waals surface area contributed by atoms with E-state index in [1.807, 2.05) is 4.72 Å². The number of benzene rings is 2. The molecule has 2 aliphatic heterocycles. The second-order valence-corrected chi connectivity index (χ2v) is 11.6. The summed E-state index contributed by atoms with van der Waals surface area (Å²) in [4.78, 5) is 23.6. The third kappa shape index (κ3) is 7.85. The molecule has 0 aromatic heterocycles. The number of halogens is 5. The number of piperidine rings is 1. The third-order valence-electron chi connectivity index (χ3n) is 6.84. The minimum atomic E-state index is -5.08. The van der Waals surface area contributed by atoms with Crippen molar-refractivity contribution in [2.24, 2.45) is 0 Å². The van der Waals surface area contributed by atoms with E-state index in [2.05, 4.69) is 4.90 Å². The molecule has 2 aromatic carbocycles. The normalized spacial score (nSPS) is 19.4. The van der Waals surface area contributed by atoms with Crippen LogP contribution in [0, 0.1) is 11.6 Å². The van der Waals surface area contributed by atoms with Gasteiger partial charge in [0.25, 0.3) is 5.91 Å². The van der Waals surface area contributed by atoms with Crippen LogP contribution in [0.25, 0.3) is 0 Å². The van der Waals surface area contributed by atoms with E-state index in [-0.39, 0.29) is 23.4 Å². The molecule has 5 rings (SSSR count). The van der Waals surface area contributed by atoms with Crippen molar-refractivity contribution in [2.45, 2.75) is 50.3 Å². The third-order valence-corrected chi connectivity index (χ3v) is 8.33. The molecule has 15 heteroatoms. The standard InChI is InChI=1S/C24H27F2N3O4S.C2HF3O2/c25-17-6-8-18(9-7-17)28-10-1-3-19(15-28)33-23-14-22(26)21(13-20(23)16-4-5-16)24(30)27-34(31,32)29-11-2-12-29;3-2(4,5)1(6)7/h6-9,13-14,16,19H,1-5,10-12,15H2,(H,27,30);(H,6,7)/t19-;/m1./s1. The van der Waals surface area contributed by atoms with Gasteiger partial charge in [-0.2, -0.15) is 25.9 Å². The lowest BCUT2D eigenvalue weighted by Crippen LogP contribution is -2.49. The Balaban J connectivity index is 0.000000493. The first-order valence-electron chi connectivity index (χ1n) is 12.9. The maximum atomic E-state index is 15.0. The van der Waals surface area contributed by atoms with E-state index in [4.69, 9.17) is 14.6 Å². The molecule has 2 N–H and O–H groups in total. The zero-order valence-corrected chi connectivity index (χ0v) is 22.5. The molecular weight excluding hydrogens is 577 g/mol. The predicted octanol–water partition coefficient (Wildman–Crippen LogP) is 4.20. The van der Waals surface area contributed by atoms with Gasteiger partial charge in [-0.3, -0.25) is 4.79 Å². The number of rotatable bonds is 7. The van der Waals surface area contributed by atoms with E-state index >= 15 is 0 Å². The fraction of sp³-hybridized carbons (Fsp3) is 0.462. The first-order valence-corrected chi connectivity index (χ1v) is 14.3. The van der Waals surface area contributed by atoms with Gasteiger partial charge in [0.05, 0.1) is 12.1 Å². The highest BCUT2D eigenvalue weighted by molar-refractivity contribution is 7.87. The van der Waals surface area contributed by atoms with Gasteiger partial charge in [0.1, 0.15) is 23.5 Å². The SMILES string of the molecule is O=C(NS(=O)(=O)N1CCC1)c1cc(C2CC2)c(O[C@@H]2CCCN(c3ccc(F)cc3)C2)cc1F.O=C(O)C(F)(F)F. The number of amides is 1. The molecule has 2 heterocycles. The van der Waals surface area contributed by atoms with Crippen LogP contribution >= 0.6 is 0 Å². The predicted molar refractivity (Wildman–Crippen MR) is 137 cm³/mol. The molecule has 1 amide bonds. The van der Waals surface area contributed by atoms with Gasteiger partial charge >= 0.3 is 22.4 Å². The Hall–Kier alpha value is -3.46. The van der Waals surface area contributed by atoms with Crippen LogP contribution in [0.2, 0.25) is 0 Å². The van der Waals surface area contributed by atoms with Crippen molar-refractivity contribution in [2.75, 3.05) is 31.1 Å². The first kappa shape index (κ1) is 30.5. The van der Waals surface area contributed by atoms with Gasteiger partial charge in [0.15, 0.2) is 0 Å². The Morgan fingerprint density at radius 1 is 0.976 bits per heavy atom. The summed E-state index contributed by atoms with van der Waals surface area (Å²) in [7, 11) is -3.97. The van der Waals surface area contributed by atoms with Crippen LogP contribution in [-0.2, 0) is 15.0 Å². The number of hydrogen-bond acceptors (Lipinski definition) is 6. The largest absolute Gasteiger partial charge is 0.490 e. The van der Waals surface area contributed by atoms with Crippen LogP contribution in [0.3, 0.4) is 0 Å². The molecule has 1 aliphatic carbocycles. The summed E-state index contributed by atoms with van der Waals surface area (Å²) in [5, 5.41) is 7.12. The molecule has 9 nitrogen and oxygen atoms in total. The molecule has 0 unspecified atom stereocenters. The number of alkyl halides is 3. The molecule has 1 atom stereocenters. The number of carboxylic acids is 1. The van der Waals surface area contributed by atoms with E-state index < -0.39 is 34.1 Å². The van der Waals surface area contributed by atoms with E-state index in [9.17, 15) is 35.2 Å². The number of hydrogen-bond donors (Lipinski definition) is 2. The molecule has 3 aliphatic rings. The van der Waals surface area contributed by atoms with Gasteiger partial charge in [-0.1, -0.05) is 0 Å². The second kappa shape index (κ2) is 12.2. The molecule has 41 heavy (non-hydrogen) atoms. The minimum Gasteiger partial charge on any atom is -0.488 e. The van der Waals surface area contributed by atoms with Crippen LogP contribution in [0.4, 0.5) is 27.6 Å². The van der Waals surface area contributed by atoms with Crippen molar-refractivity contribution in [3.05, 3.63) is 59.2 Å². The lowest BCUT2D eigenvalue weighted by molar-refractivity contribution is -0.192. The van der Waals surface area contributed by atoms with Crippen LogP contribution in [-0.4, -0.2) is 68.2 Å². The van der Waals surface area contributed by atoms with Gasteiger partial charge in [0, 0.05) is 31.4 Å². The van der Waals surface area contributed by atoms with Crippen molar-refractivity contribution in [3.63, 3.8) is 0 Å². The minimum absolute atomic E-state index is 0.158. The molecule has 0 radical (unpaired) electrons. The Morgan fingerprint density at radius 3 is 2.15 bits per heavy atom. The highest BCUT2D eigenvalue weighted by atomic mass is 32.2. The smallest absolute Gasteiger partial charge is 0.488 e. The summed E-state index contributed by atoms with van der Waals surface area (Å²) in [6.07, 6.45) is -1.07. The number of carboxylic acid groups (broad SMARTS) is 1. The molecule has 2 aromatic rings. The van der Waals surface area contributed by atoms with E-state index in [0.29, 0.717) is 25.4 Å². The summed E-state index contributed by atoms with van der Waals surface area (Å²) < 4.78 is 93.9. The summed E-state index contributed by atoms with van der Waals surface area (Å²) in [6.45, 7) is 2.09. The number of carbonyl (C=O) groups is 2. The second-order valence-electron chi connectivity index (χ2n) is 9.94. The van der Waals surface area contributed by atoms with Crippen LogP contribution < -0.4 is 14.4 Å².